The summed E-state index contributed by atoms with van der Waals surface area (Å²) in [5, 5.41) is 19.4. The Morgan fingerprint density at radius 2 is 2.00 bits per heavy atom. The van der Waals surface area contributed by atoms with E-state index in [-0.39, 0.29) is 32.1 Å². The maximum Gasteiger partial charge on any atom is 0.276 e. The molecule has 0 heterocycles. The summed E-state index contributed by atoms with van der Waals surface area (Å²) >= 11 is 0. The number of ether oxygens (including phenoxy) is 3. The summed E-state index contributed by atoms with van der Waals surface area (Å²) < 4.78 is 15.5. The van der Waals surface area contributed by atoms with Gasteiger partial charge in [0, 0.05) is 5.56 Å². The molecule has 0 radical (unpaired) electrons. The summed E-state index contributed by atoms with van der Waals surface area (Å²) in [6.07, 6.45) is 0. The smallest absolute Gasteiger partial charge is 0.276 e. The molecule has 0 amide bonds. The van der Waals surface area contributed by atoms with E-state index in [4.69, 9.17) is 19.3 Å². The van der Waals surface area contributed by atoms with Crippen LogP contribution in [0.5, 0.6) is 11.5 Å². The zero-order chi connectivity index (χ0) is 14.3. The van der Waals surface area contributed by atoms with Crippen LogP contribution in [0.1, 0.15) is 5.56 Å². The van der Waals surface area contributed by atoms with E-state index in [2.05, 4.69) is 0 Å². The maximum atomic E-state index is 10.8. The van der Waals surface area contributed by atoms with Gasteiger partial charge in [0.25, 0.3) is 5.69 Å². The average molecular weight is 271 g/mol. The Bertz CT molecular complexity index is 434. The second-order valence-corrected chi connectivity index (χ2v) is 3.73. The van der Waals surface area contributed by atoms with Gasteiger partial charge in [-0.05, 0) is 13.0 Å². The summed E-state index contributed by atoms with van der Waals surface area (Å²) in [4.78, 5) is 10.4. The van der Waals surface area contributed by atoms with Gasteiger partial charge in [-0.1, -0.05) is 0 Å². The first-order valence-electron chi connectivity index (χ1n) is 5.74. The zero-order valence-electron chi connectivity index (χ0n) is 10.9. The Balaban J connectivity index is 2.74. The van der Waals surface area contributed by atoms with Crippen molar-refractivity contribution in [3.63, 3.8) is 0 Å². The van der Waals surface area contributed by atoms with Gasteiger partial charge < -0.3 is 19.3 Å². The lowest BCUT2D eigenvalue weighted by Gasteiger charge is -2.11. The van der Waals surface area contributed by atoms with Crippen LogP contribution in [-0.2, 0) is 4.74 Å². The minimum atomic E-state index is -0.468. The van der Waals surface area contributed by atoms with Crippen LogP contribution in [0.4, 0.5) is 5.69 Å². The number of nitro benzene ring substituents is 1. The molecule has 0 aromatic heterocycles. The number of aryl methyl sites for hydroxylation is 1. The van der Waals surface area contributed by atoms with Crippen LogP contribution < -0.4 is 9.47 Å². The highest BCUT2D eigenvalue weighted by atomic mass is 16.6. The van der Waals surface area contributed by atoms with Crippen LogP contribution in [0.25, 0.3) is 0 Å². The number of nitrogens with zero attached hydrogens (tertiary/aromatic N) is 1. The van der Waals surface area contributed by atoms with Crippen LogP contribution in [0.3, 0.4) is 0 Å². The summed E-state index contributed by atoms with van der Waals surface area (Å²) in [6, 6.07) is 2.89. The molecule has 19 heavy (non-hydrogen) atoms. The summed E-state index contributed by atoms with van der Waals surface area (Å²) in [6.45, 7) is 2.31. The molecule has 0 unspecified atom stereocenters. The molecular weight excluding hydrogens is 254 g/mol. The van der Waals surface area contributed by atoms with Crippen molar-refractivity contribution >= 4 is 5.69 Å². The second kappa shape index (κ2) is 7.55. The highest BCUT2D eigenvalue weighted by Gasteiger charge is 2.16. The Hall–Kier alpha value is -1.86. The number of rotatable bonds is 8. The van der Waals surface area contributed by atoms with Gasteiger partial charge in [-0.15, -0.1) is 0 Å². The minimum absolute atomic E-state index is 0.0212. The monoisotopic (exact) mass is 271 g/mol. The number of benzene rings is 1. The van der Waals surface area contributed by atoms with Crippen molar-refractivity contribution < 1.29 is 24.2 Å². The van der Waals surface area contributed by atoms with Crippen LogP contribution in [0.2, 0.25) is 0 Å². The molecule has 1 aromatic rings. The third kappa shape index (κ3) is 4.38. The molecule has 7 heteroatoms. The van der Waals surface area contributed by atoms with E-state index in [0.29, 0.717) is 17.1 Å². The average Bonchev–Trinajstić information content (AvgIpc) is 2.39. The van der Waals surface area contributed by atoms with Crippen molar-refractivity contribution in [2.45, 2.75) is 6.92 Å². The highest BCUT2D eigenvalue weighted by Crippen LogP contribution is 2.34. The number of aliphatic hydroxyl groups excluding tert-OH is 1. The standard InChI is InChI=1S/C12H17NO6/c1-9-7-11(17-2)12(8-10(9)13(15)16)19-6-5-18-4-3-14/h7-8,14H,3-6H2,1-2H3. The molecule has 0 atom stereocenters. The predicted octanol–water partition coefficient (Wildman–Crippen LogP) is 1.30. The van der Waals surface area contributed by atoms with Gasteiger partial charge in [0.15, 0.2) is 11.5 Å². The van der Waals surface area contributed by atoms with Crippen molar-refractivity contribution in [1.29, 1.82) is 0 Å². The van der Waals surface area contributed by atoms with Crippen LogP contribution in [0.15, 0.2) is 12.1 Å². The van der Waals surface area contributed by atoms with Crippen LogP contribution in [0, 0.1) is 17.0 Å². The minimum Gasteiger partial charge on any atom is -0.493 e. The van der Waals surface area contributed by atoms with E-state index in [9.17, 15) is 10.1 Å². The molecule has 0 spiro atoms. The Morgan fingerprint density at radius 3 is 2.58 bits per heavy atom. The van der Waals surface area contributed by atoms with Crippen LogP contribution >= 0.6 is 0 Å². The molecule has 1 N–H and O–H groups in total. The lowest BCUT2D eigenvalue weighted by molar-refractivity contribution is -0.385. The molecule has 1 aromatic carbocycles. The molecule has 0 saturated carbocycles. The Kier molecular flexibility index (Phi) is 6.04. The number of hydrogen-bond acceptors (Lipinski definition) is 6. The normalized spacial score (nSPS) is 10.3. The summed E-state index contributed by atoms with van der Waals surface area (Å²) in [7, 11) is 1.47. The SMILES string of the molecule is COc1cc(C)c([N+](=O)[O-])cc1OCCOCCO. The number of aliphatic hydroxyl groups is 1. The largest absolute Gasteiger partial charge is 0.493 e. The molecule has 0 aliphatic heterocycles. The molecule has 7 nitrogen and oxygen atoms in total. The molecule has 106 valence electrons. The Labute approximate surface area is 110 Å². The first-order valence-corrected chi connectivity index (χ1v) is 5.74. The van der Waals surface area contributed by atoms with Crippen molar-refractivity contribution in [3.05, 3.63) is 27.8 Å². The molecule has 0 fully saturated rings. The van der Waals surface area contributed by atoms with Gasteiger partial charge in [0.1, 0.15) is 6.61 Å². The molecule has 1 rings (SSSR count). The van der Waals surface area contributed by atoms with E-state index >= 15 is 0 Å². The van der Waals surface area contributed by atoms with Gasteiger partial charge in [-0.3, -0.25) is 10.1 Å². The molecule has 0 saturated heterocycles. The van der Waals surface area contributed by atoms with E-state index in [1.807, 2.05) is 0 Å². The third-order valence-corrected chi connectivity index (χ3v) is 2.40. The molecule has 0 aliphatic rings. The lowest BCUT2D eigenvalue weighted by Crippen LogP contribution is -2.10. The van der Waals surface area contributed by atoms with E-state index < -0.39 is 4.92 Å². The van der Waals surface area contributed by atoms with Gasteiger partial charge in [0.05, 0.1) is 37.9 Å². The number of hydrogen-bond donors (Lipinski definition) is 1. The third-order valence-electron chi connectivity index (χ3n) is 2.40. The number of nitro groups is 1. The van der Waals surface area contributed by atoms with E-state index in [1.165, 1.54) is 13.2 Å². The lowest BCUT2D eigenvalue weighted by atomic mass is 10.2. The van der Waals surface area contributed by atoms with E-state index in [1.54, 1.807) is 13.0 Å². The van der Waals surface area contributed by atoms with Gasteiger partial charge in [-0.2, -0.15) is 0 Å². The van der Waals surface area contributed by atoms with E-state index in [0.717, 1.165) is 0 Å². The summed E-state index contributed by atoms with van der Waals surface area (Å²) in [5.41, 5.74) is 0.484. The molecule has 0 aliphatic carbocycles. The van der Waals surface area contributed by atoms with Gasteiger partial charge in [0.2, 0.25) is 0 Å². The van der Waals surface area contributed by atoms with Crippen molar-refractivity contribution in [2.75, 3.05) is 33.5 Å². The van der Waals surface area contributed by atoms with Crippen molar-refractivity contribution in [2.24, 2.45) is 0 Å². The predicted molar refractivity (Wildman–Crippen MR) is 67.8 cm³/mol. The molecular formula is C12H17NO6. The Morgan fingerprint density at radius 1 is 1.26 bits per heavy atom. The summed E-state index contributed by atoms with van der Waals surface area (Å²) in [5.74, 6) is 0.734. The maximum absolute atomic E-state index is 10.8. The first kappa shape index (κ1) is 15.2. The molecule has 0 bridgehead atoms. The quantitative estimate of drug-likeness (QED) is 0.435. The fourth-order valence-electron chi connectivity index (χ4n) is 1.50. The highest BCUT2D eigenvalue weighted by molar-refractivity contribution is 5.53. The van der Waals surface area contributed by atoms with Crippen molar-refractivity contribution in [1.82, 2.24) is 0 Å². The zero-order valence-corrected chi connectivity index (χ0v) is 10.9. The van der Waals surface area contributed by atoms with Crippen LogP contribution in [-0.4, -0.2) is 43.6 Å². The second-order valence-electron chi connectivity index (χ2n) is 3.73. The topological polar surface area (TPSA) is 91.1 Å². The van der Waals surface area contributed by atoms with Crippen molar-refractivity contribution in [3.8, 4) is 11.5 Å². The fraction of sp³-hybridized carbons (Fsp3) is 0.500. The van der Waals surface area contributed by atoms with Gasteiger partial charge in [-0.25, -0.2) is 0 Å². The first-order chi connectivity index (χ1) is 9.10. The number of methoxy groups -OCH3 is 1. The van der Waals surface area contributed by atoms with Gasteiger partial charge >= 0.3 is 0 Å². The fourth-order valence-corrected chi connectivity index (χ4v) is 1.50.